The quantitative estimate of drug-likeness (QED) is 0.596. The molecule has 4 heteroatoms. The van der Waals surface area contributed by atoms with Crippen LogP contribution in [0.15, 0.2) is 48.5 Å². The molecular formula is C21H25NO3. The van der Waals surface area contributed by atoms with Gasteiger partial charge in [-0.1, -0.05) is 43.7 Å². The fourth-order valence-corrected chi connectivity index (χ4v) is 2.54. The molecule has 2 aromatic rings. The van der Waals surface area contributed by atoms with Crippen molar-refractivity contribution in [3.8, 4) is 0 Å². The first-order valence-corrected chi connectivity index (χ1v) is 8.45. The summed E-state index contributed by atoms with van der Waals surface area (Å²) in [7, 11) is 1.34. The number of benzene rings is 2. The lowest BCUT2D eigenvalue weighted by atomic mass is 9.95. The monoisotopic (exact) mass is 339 g/mol. The highest BCUT2D eigenvalue weighted by molar-refractivity contribution is 5.98. The summed E-state index contributed by atoms with van der Waals surface area (Å²) in [6.07, 6.45) is 0.392. The van der Waals surface area contributed by atoms with Gasteiger partial charge in [0.05, 0.1) is 12.7 Å². The van der Waals surface area contributed by atoms with Crippen LogP contribution in [0.3, 0.4) is 0 Å². The van der Waals surface area contributed by atoms with Crippen molar-refractivity contribution in [2.24, 2.45) is 5.92 Å². The summed E-state index contributed by atoms with van der Waals surface area (Å²) >= 11 is 0. The zero-order valence-corrected chi connectivity index (χ0v) is 15.2. The van der Waals surface area contributed by atoms with Gasteiger partial charge in [0.25, 0.3) is 0 Å². The van der Waals surface area contributed by atoms with Gasteiger partial charge in [-0.3, -0.25) is 4.79 Å². The SMILES string of the molecule is COC(=O)c1ccc(C(=O)C[C@H](Nc2ccc(C)cc2)C(C)C)cc1. The zero-order valence-electron chi connectivity index (χ0n) is 15.2. The highest BCUT2D eigenvalue weighted by Crippen LogP contribution is 2.18. The van der Waals surface area contributed by atoms with Gasteiger partial charge in [-0.05, 0) is 37.1 Å². The molecule has 0 aliphatic carbocycles. The molecule has 0 radical (unpaired) electrons. The lowest BCUT2D eigenvalue weighted by Gasteiger charge is -2.23. The smallest absolute Gasteiger partial charge is 0.337 e. The van der Waals surface area contributed by atoms with Gasteiger partial charge in [-0.15, -0.1) is 0 Å². The molecule has 0 spiro atoms. The van der Waals surface area contributed by atoms with E-state index in [1.807, 2.05) is 31.2 Å². The number of ether oxygens (including phenoxy) is 1. The molecule has 0 saturated carbocycles. The number of hydrogen-bond donors (Lipinski definition) is 1. The molecule has 2 aromatic carbocycles. The number of nitrogens with one attached hydrogen (secondary N) is 1. The first-order chi connectivity index (χ1) is 11.9. The van der Waals surface area contributed by atoms with Gasteiger partial charge in [0, 0.05) is 23.7 Å². The van der Waals surface area contributed by atoms with Gasteiger partial charge in [-0.2, -0.15) is 0 Å². The molecule has 0 aromatic heterocycles. The van der Waals surface area contributed by atoms with E-state index in [4.69, 9.17) is 0 Å². The number of methoxy groups -OCH3 is 1. The Balaban J connectivity index is 2.06. The molecule has 0 fully saturated rings. The summed E-state index contributed by atoms with van der Waals surface area (Å²) < 4.78 is 4.67. The molecule has 132 valence electrons. The number of anilines is 1. The van der Waals surface area contributed by atoms with Crippen LogP contribution in [0, 0.1) is 12.8 Å². The molecule has 0 aliphatic heterocycles. The third-order valence-corrected chi connectivity index (χ3v) is 4.24. The average Bonchev–Trinajstić information content (AvgIpc) is 2.62. The van der Waals surface area contributed by atoms with Gasteiger partial charge in [-0.25, -0.2) is 4.79 Å². The van der Waals surface area contributed by atoms with Crippen LogP contribution < -0.4 is 5.32 Å². The van der Waals surface area contributed by atoms with E-state index < -0.39 is 5.97 Å². The summed E-state index contributed by atoms with van der Waals surface area (Å²) in [6, 6.07) is 14.8. The maximum absolute atomic E-state index is 12.6. The van der Waals surface area contributed by atoms with Gasteiger partial charge in [0.2, 0.25) is 0 Å². The van der Waals surface area contributed by atoms with E-state index in [1.54, 1.807) is 24.3 Å². The van der Waals surface area contributed by atoms with E-state index in [0.29, 0.717) is 23.5 Å². The minimum Gasteiger partial charge on any atom is -0.465 e. The van der Waals surface area contributed by atoms with E-state index in [0.717, 1.165) is 5.69 Å². The van der Waals surface area contributed by atoms with Crippen LogP contribution in [0.2, 0.25) is 0 Å². The Labute approximate surface area is 149 Å². The number of aryl methyl sites for hydroxylation is 1. The standard InChI is InChI=1S/C21H25NO3/c1-14(2)19(22-18-11-5-15(3)6-12-18)13-20(23)16-7-9-17(10-8-16)21(24)25-4/h5-12,14,19,22H,13H2,1-4H3/t19-/m0/s1. The fraction of sp³-hybridized carbons (Fsp3) is 0.333. The minimum atomic E-state index is -0.403. The lowest BCUT2D eigenvalue weighted by Crippen LogP contribution is -2.28. The molecule has 0 bridgehead atoms. The van der Waals surface area contributed by atoms with Crippen LogP contribution in [-0.2, 0) is 4.74 Å². The molecule has 0 saturated heterocycles. The fourth-order valence-electron chi connectivity index (χ4n) is 2.54. The first kappa shape index (κ1) is 18.7. The van der Waals surface area contributed by atoms with E-state index in [9.17, 15) is 9.59 Å². The van der Waals surface area contributed by atoms with Crippen molar-refractivity contribution in [2.75, 3.05) is 12.4 Å². The summed E-state index contributed by atoms with van der Waals surface area (Å²) in [5.41, 5.74) is 3.26. The predicted octanol–water partition coefficient (Wildman–Crippen LogP) is 4.49. The Hall–Kier alpha value is -2.62. The van der Waals surface area contributed by atoms with Crippen LogP contribution in [-0.4, -0.2) is 24.9 Å². The molecule has 0 unspecified atom stereocenters. The highest BCUT2D eigenvalue weighted by atomic mass is 16.5. The van der Waals surface area contributed by atoms with Crippen molar-refractivity contribution in [3.63, 3.8) is 0 Å². The van der Waals surface area contributed by atoms with Crippen LogP contribution >= 0.6 is 0 Å². The highest BCUT2D eigenvalue weighted by Gasteiger charge is 2.19. The molecule has 2 rings (SSSR count). The van der Waals surface area contributed by atoms with Crippen molar-refractivity contribution in [1.29, 1.82) is 0 Å². The Morgan fingerprint density at radius 1 is 0.960 bits per heavy atom. The van der Waals surface area contributed by atoms with Gasteiger partial charge < -0.3 is 10.1 Å². The molecular weight excluding hydrogens is 314 g/mol. The first-order valence-electron chi connectivity index (χ1n) is 8.45. The number of ketones is 1. The Kier molecular flexibility index (Phi) is 6.34. The zero-order chi connectivity index (χ0) is 18.4. The molecule has 1 atom stereocenters. The second-order valence-electron chi connectivity index (χ2n) is 6.56. The van der Waals surface area contributed by atoms with Gasteiger partial charge in [0.1, 0.15) is 0 Å². The summed E-state index contributed by atoms with van der Waals surface area (Å²) in [4.78, 5) is 24.1. The molecule has 0 amide bonds. The second-order valence-corrected chi connectivity index (χ2v) is 6.56. The van der Waals surface area contributed by atoms with Crippen LogP contribution in [0.1, 0.15) is 46.5 Å². The average molecular weight is 339 g/mol. The Morgan fingerprint density at radius 2 is 1.52 bits per heavy atom. The minimum absolute atomic E-state index is 0.0375. The van der Waals surface area contributed by atoms with Crippen LogP contribution in [0.5, 0.6) is 0 Å². The van der Waals surface area contributed by atoms with E-state index in [1.165, 1.54) is 12.7 Å². The number of Topliss-reactive ketones (excluding diaryl/α,β-unsaturated/α-hetero) is 1. The maximum Gasteiger partial charge on any atom is 0.337 e. The number of carbonyl (C=O) groups is 2. The normalized spacial score (nSPS) is 11.9. The number of carbonyl (C=O) groups excluding carboxylic acids is 2. The molecule has 1 N–H and O–H groups in total. The summed E-state index contributed by atoms with van der Waals surface area (Å²) in [5, 5.41) is 3.45. The molecule has 0 heterocycles. The molecule has 4 nitrogen and oxygen atoms in total. The van der Waals surface area contributed by atoms with Crippen molar-refractivity contribution < 1.29 is 14.3 Å². The number of esters is 1. The predicted molar refractivity (Wildman–Crippen MR) is 100 cm³/mol. The van der Waals surface area contributed by atoms with Gasteiger partial charge in [0.15, 0.2) is 5.78 Å². The maximum atomic E-state index is 12.6. The summed E-state index contributed by atoms with van der Waals surface area (Å²) in [5.74, 6) is -0.0468. The number of rotatable bonds is 7. The van der Waals surface area contributed by atoms with Crippen molar-refractivity contribution in [3.05, 3.63) is 65.2 Å². The van der Waals surface area contributed by atoms with Gasteiger partial charge >= 0.3 is 5.97 Å². The number of hydrogen-bond acceptors (Lipinski definition) is 4. The van der Waals surface area contributed by atoms with Crippen molar-refractivity contribution in [1.82, 2.24) is 0 Å². The topological polar surface area (TPSA) is 55.4 Å². The molecule has 0 aliphatic rings. The van der Waals surface area contributed by atoms with E-state index in [-0.39, 0.29) is 11.8 Å². The Morgan fingerprint density at radius 3 is 2.04 bits per heavy atom. The molecule has 25 heavy (non-hydrogen) atoms. The van der Waals surface area contributed by atoms with E-state index in [2.05, 4.69) is 23.9 Å². The second kappa shape index (κ2) is 8.47. The van der Waals surface area contributed by atoms with Crippen LogP contribution in [0.25, 0.3) is 0 Å². The van der Waals surface area contributed by atoms with Crippen LogP contribution in [0.4, 0.5) is 5.69 Å². The third-order valence-electron chi connectivity index (χ3n) is 4.24. The van der Waals surface area contributed by atoms with Crippen molar-refractivity contribution in [2.45, 2.75) is 33.2 Å². The Bertz CT molecular complexity index is 718. The summed E-state index contributed by atoms with van der Waals surface area (Å²) in [6.45, 7) is 6.24. The van der Waals surface area contributed by atoms with Crippen molar-refractivity contribution >= 4 is 17.4 Å². The lowest BCUT2D eigenvalue weighted by molar-refractivity contribution is 0.0600. The van der Waals surface area contributed by atoms with E-state index >= 15 is 0 Å². The third kappa shape index (κ3) is 5.18. The largest absolute Gasteiger partial charge is 0.465 e.